The molecule has 0 aliphatic rings. The Hall–Kier alpha value is -2.73. The van der Waals surface area contributed by atoms with Crippen molar-refractivity contribution in [2.45, 2.75) is 57.8 Å². The summed E-state index contributed by atoms with van der Waals surface area (Å²) in [5.74, 6) is -5.48. The fourth-order valence-electron chi connectivity index (χ4n) is 2.14. The van der Waals surface area contributed by atoms with Crippen molar-refractivity contribution < 1.29 is 39.3 Å². The Kier molecular flexibility index (Phi) is 10.7. The second-order valence-electron chi connectivity index (χ2n) is 6.42. The van der Waals surface area contributed by atoms with Gasteiger partial charge in [0.15, 0.2) is 6.04 Å². The monoisotopic (exact) mass is 404 g/mol. The van der Waals surface area contributed by atoms with Gasteiger partial charge in [0, 0.05) is 0 Å². The standard InChI is InChI=1S/C16H28N4O8/c1-4-7(2)12(15(26)20-13(8(3)21)16(27)28)19-10(22)6-18-14(25)9(17)5-11(23)24/h7-9,12-13,21H,4-6,17H2,1-3H3,(H,18,25)(H,19,22)(H,20,26)(H,23,24)(H,27,28). The maximum Gasteiger partial charge on any atom is 0.328 e. The lowest BCUT2D eigenvalue weighted by atomic mass is 9.97. The molecular weight excluding hydrogens is 376 g/mol. The highest BCUT2D eigenvalue weighted by atomic mass is 16.4. The fraction of sp³-hybridized carbons (Fsp3) is 0.688. The highest BCUT2D eigenvalue weighted by Gasteiger charge is 2.31. The van der Waals surface area contributed by atoms with Crippen LogP contribution < -0.4 is 21.7 Å². The maximum absolute atomic E-state index is 12.4. The quantitative estimate of drug-likeness (QED) is 0.181. The molecule has 0 heterocycles. The number of aliphatic hydroxyl groups is 1. The highest BCUT2D eigenvalue weighted by molar-refractivity contribution is 5.93. The van der Waals surface area contributed by atoms with Gasteiger partial charge in [-0.05, 0) is 12.8 Å². The molecule has 0 aliphatic carbocycles. The molecular formula is C16H28N4O8. The first kappa shape index (κ1) is 25.3. The van der Waals surface area contributed by atoms with Gasteiger partial charge < -0.3 is 37.0 Å². The molecule has 28 heavy (non-hydrogen) atoms. The summed E-state index contributed by atoms with van der Waals surface area (Å²) in [5.41, 5.74) is 5.37. The molecule has 8 N–H and O–H groups in total. The smallest absolute Gasteiger partial charge is 0.328 e. The lowest BCUT2D eigenvalue weighted by Crippen LogP contribution is -2.57. The van der Waals surface area contributed by atoms with E-state index in [1.165, 1.54) is 6.92 Å². The number of rotatable bonds is 12. The Morgan fingerprint density at radius 1 is 0.964 bits per heavy atom. The van der Waals surface area contributed by atoms with Crippen LogP contribution in [0.4, 0.5) is 0 Å². The number of carboxylic acid groups (broad SMARTS) is 2. The molecule has 5 atom stereocenters. The Morgan fingerprint density at radius 3 is 1.96 bits per heavy atom. The molecule has 0 aromatic carbocycles. The third-order valence-electron chi connectivity index (χ3n) is 4.01. The lowest BCUT2D eigenvalue weighted by Gasteiger charge is -2.26. The van der Waals surface area contributed by atoms with E-state index in [-0.39, 0.29) is 5.92 Å². The van der Waals surface area contributed by atoms with Crippen LogP contribution in [0.1, 0.15) is 33.6 Å². The molecule has 0 fully saturated rings. The van der Waals surface area contributed by atoms with E-state index >= 15 is 0 Å². The molecule has 12 nitrogen and oxygen atoms in total. The van der Waals surface area contributed by atoms with Crippen molar-refractivity contribution in [3.8, 4) is 0 Å². The summed E-state index contributed by atoms with van der Waals surface area (Å²) in [5, 5.41) is 33.8. The van der Waals surface area contributed by atoms with Gasteiger partial charge in [-0.25, -0.2) is 4.79 Å². The van der Waals surface area contributed by atoms with E-state index in [9.17, 15) is 29.1 Å². The average Bonchev–Trinajstić information content (AvgIpc) is 2.59. The summed E-state index contributed by atoms with van der Waals surface area (Å²) in [6, 6.07) is -3.99. The summed E-state index contributed by atoms with van der Waals surface area (Å²) < 4.78 is 0. The van der Waals surface area contributed by atoms with Crippen LogP contribution in [-0.2, 0) is 24.0 Å². The van der Waals surface area contributed by atoms with E-state index < -0.39 is 66.9 Å². The first-order chi connectivity index (χ1) is 12.9. The van der Waals surface area contributed by atoms with Crippen LogP contribution in [0.25, 0.3) is 0 Å². The molecule has 12 heteroatoms. The number of hydrogen-bond acceptors (Lipinski definition) is 7. The number of carbonyl (C=O) groups is 5. The zero-order valence-electron chi connectivity index (χ0n) is 16.0. The van der Waals surface area contributed by atoms with E-state index in [0.29, 0.717) is 6.42 Å². The first-order valence-corrected chi connectivity index (χ1v) is 8.66. The molecule has 0 rings (SSSR count). The Labute approximate surface area is 161 Å². The van der Waals surface area contributed by atoms with Gasteiger partial charge in [-0.3, -0.25) is 19.2 Å². The second kappa shape index (κ2) is 11.9. The molecule has 0 spiro atoms. The number of hydrogen-bond donors (Lipinski definition) is 7. The molecule has 0 saturated carbocycles. The van der Waals surface area contributed by atoms with Gasteiger partial charge in [-0.2, -0.15) is 0 Å². The summed E-state index contributed by atoms with van der Waals surface area (Å²) >= 11 is 0. The highest BCUT2D eigenvalue weighted by Crippen LogP contribution is 2.09. The van der Waals surface area contributed by atoms with Gasteiger partial charge in [-0.15, -0.1) is 0 Å². The minimum absolute atomic E-state index is 0.377. The van der Waals surface area contributed by atoms with E-state index in [4.69, 9.17) is 15.9 Å². The Balaban J connectivity index is 4.93. The largest absolute Gasteiger partial charge is 0.481 e. The number of aliphatic hydroxyl groups excluding tert-OH is 1. The predicted molar refractivity (Wildman–Crippen MR) is 95.9 cm³/mol. The Bertz CT molecular complexity index is 595. The zero-order chi connectivity index (χ0) is 22.0. The van der Waals surface area contributed by atoms with Gasteiger partial charge in [0.05, 0.1) is 25.1 Å². The topological polar surface area (TPSA) is 208 Å². The number of carboxylic acids is 2. The van der Waals surface area contributed by atoms with Crippen LogP contribution in [-0.4, -0.2) is 75.8 Å². The van der Waals surface area contributed by atoms with E-state index in [1.807, 2.05) is 0 Å². The Morgan fingerprint density at radius 2 is 1.54 bits per heavy atom. The van der Waals surface area contributed by atoms with Crippen molar-refractivity contribution in [2.24, 2.45) is 11.7 Å². The SMILES string of the molecule is CCC(C)C(NC(=O)CNC(=O)C(N)CC(=O)O)C(=O)NC(C(=O)O)C(C)O. The molecule has 0 radical (unpaired) electrons. The van der Waals surface area contributed by atoms with Gasteiger partial charge in [-0.1, -0.05) is 20.3 Å². The van der Waals surface area contributed by atoms with E-state index in [1.54, 1.807) is 13.8 Å². The summed E-state index contributed by atoms with van der Waals surface area (Å²) in [4.78, 5) is 57.7. The maximum atomic E-state index is 12.4. The predicted octanol–water partition coefficient (Wildman–Crippen LogP) is -2.61. The summed E-state index contributed by atoms with van der Waals surface area (Å²) in [6.07, 6.45) is -1.49. The van der Waals surface area contributed by atoms with E-state index in [2.05, 4.69) is 16.0 Å². The number of nitrogens with two attached hydrogens (primary N) is 1. The molecule has 0 aliphatic heterocycles. The van der Waals surface area contributed by atoms with Crippen molar-refractivity contribution in [3.05, 3.63) is 0 Å². The van der Waals surface area contributed by atoms with Gasteiger partial charge in [0.1, 0.15) is 6.04 Å². The van der Waals surface area contributed by atoms with Crippen LogP contribution in [0.15, 0.2) is 0 Å². The molecule has 0 aromatic rings. The molecule has 5 unspecified atom stereocenters. The van der Waals surface area contributed by atoms with Crippen LogP contribution in [0.3, 0.4) is 0 Å². The average molecular weight is 404 g/mol. The van der Waals surface area contributed by atoms with Crippen LogP contribution in [0, 0.1) is 5.92 Å². The van der Waals surface area contributed by atoms with E-state index in [0.717, 1.165) is 0 Å². The van der Waals surface area contributed by atoms with Gasteiger partial charge in [0.25, 0.3) is 0 Å². The van der Waals surface area contributed by atoms with Crippen molar-refractivity contribution in [1.29, 1.82) is 0 Å². The molecule has 0 saturated heterocycles. The zero-order valence-corrected chi connectivity index (χ0v) is 16.0. The van der Waals surface area contributed by atoms with Crippen LogP contribution in [0.5, 0.6) is 0 Å². The minimum Gasteiger partial charge on any atom is -0.481 e. The molecule has 160 valence electrons. The number of aliphatic carboxylic acids is 2. The number of nitrogens with one attached hydrogen (secondary N) is 3. The number of carbonyl (C=O) groups excluding carboxylic acids is 3. The fourth-order valence-corrected chi connectivity index (χ4v) is 2.14. The third-order valence-corrected chi connectivity index (χ3v) is 4.01. The van der Waals surface area contributed by atoms with Crippen molar-refractivity contribution in [1.82, 2.24) is 16.0 Å². The van der Waals surface area contributed by atoms with Crippen molar-refractivity contribution in [3.63, 3.8) is 0 Å². The van der Waals surface area contributed by atoms with Gasteiger partial charge in [0.2, 0.25) is 17.7 Å². The molecule has 0 bridgehead atoms. The second-order valence-corrected chi connectivity index (χ2v) is 6.42. The number of amides is 3. The van der Waals surface area contributed by atoms with Crippen molar-refractivity contribution in [2.75, 3.05) is 6.54 Å². The normalized spacial score (nSPS) is 16.0. The lowest BCUT2D eigenvalue weighted by molar-refractivity contribution is -0.145. The van der Waals surface area contributed by atoms with Gasteiger partial charge >= 0.3 is 11.9 Å². The summed E-state index contributed by atoms with van der Waals surface area (Å²) in [7, 11) is 0. The van der Waals surface area contributed by atoms with Crippen LogP contribution in [0.2, 0.25) is 0 Å². The molecule has 3 amide bonds. The van der Waals surface area contributed by atoms with Crippen LogP contribution >= 0.6 is 0 Å². The molecule has 0 aromatic heterocycles. The summed E-state index contributed by atoms with van der Waals surface area (Å²) in [6.45, 7) is 4.06. The minimum atomic E-state index is -1.55. The van der Waals surface area contributed by atoms with Crippen molar-refractivity contribution >= 4 is 29.7 Å². The first-order valence-electron chi connectivity index (χ1n) is 8.66. The third kappa shape index (κ3) is 8.77.